The minimum atomic E-state index is -0.775. The predicted molar refractivity (Wildman–Crippen MR) is 74.0 cm³/mol. The molecule has 0 atom stereocenters. The zero-order chi connectivity index (χ0) is 14.4. The Balaban J connectivity index is 2.42. The fraction of sp³-hybridized carbons (Fsp3) is 0.857. The number of hydrogen-bond acceptors (Lipinski definition) is 3. The van der Waals surface area contributed by atoms with E-state index in [1.165, 1.54) is 0 Å². The van der Waals surface area contributed by atoms with Gasteiger partial charge in [0, 0.05) is 25.0 Å². The van der Waals surface area contributed by atoms with Crippen LogP contribution in [0, 0.1) is 0 Å². The molecule has 0 spiro atoms. The van der Waals surface area contributed by atoms with E-state index in [-0.39, 0.29) is 18.4 Å². The Hall–Kier alpha value is -1.10. The zero-order valence-corrected chi connectivity index (χ0v) is 12.3. The first kappa shape index (κ1) is 16.0. The number of carboxylic acids is 1. The smallest absolute Gasteiger partial charge is 0.303 e. The molecule has 5 heteroatoms. The van der Waals surface area contributed by atoms with Crippen LogP contribution in [0.25, 0.3) is 0 Å². The van der Waals surface area contributed by atoms with E-state index in [9.17, 15) is 9.59 Å². The first-order valence-electron chi connectivity index (χ1n) is 7.21. The summed E-state index contributed by atoms with van der Waals surface area (Å²) in [6.07, 6.45) is 3.01. The Labute approximate surface area is 115 Å². The number of amides is 1. The molecule has 0 bridgehead atoms. The minimum absolute atomic E-state index is 0.164. The number of aliphatic carboxylic acids is 1. The number of carboxylic acid groups (broad SMARTS) is 1. The van der Waals surface area contributed by atoms with E-state index >= 15 is 0 Å². The maximum Gasteiger partial charge on any atom is 0.303 e. The zero-order valence-electron chi connectivity index (χ0n) is 12.3. The molecule has 1 aliphatic carbocycles. The van der Waals surface area contributed by atoms with Crippen molar-refractivity contribution in [3.8, 4) is 0 Å². The van der Waals surface area contributed by atoms with Crippen LogP contribution >= 0.6 is 0 Å². The molecule has 0 radical (unpaired) electrons. The van der Waals surface area contributed by atoms with E-state index in [4.69, 9.17) is 5.11 Å². The summed E-state index contributed by atoms with van der Waals surface area (Å²) in [6.45, 7) is 7.94. The van der Waals surface area contributed by atoms with Crippen molar-refractivity contribution in [3.63, 3.8) is 0 Å². The topological polar surface area (TPSA) is 60.9 Å². The van der Waals surface area contributed by atoms with Crippen molar-refractivity contribution in [2.75, 3.05) is 19.6 Å². The third kappa shape index (κ3) is 5.59. The van der Waals surface area contributed by atoms with Gasteiger partial charge in [0.15, 0.2) is 0 Å². The van der Waals surface area contributed by atoms with Gasteiger partial charge in [-0.3, -0.25) is 14.5 Å². The highest BCUT2D eigenvalue weighted by Gasteiger charge is 2.32. The molecule has 0 aromatic carbocycles. The van der Waals surface area contributed by atoms with Crippen LogP contribution in [0.1, 0.15) is 46.5 Å². The van der Waals surface area contributed by atoms with Crippen LogP contribution in [0.15, 0.2) is 0 Å². The molecule has 1 aliphatic rings. The predicted octanol–water partition coefficient (Wildman–Crippen LogP) is 1.57. The largest absolute Gasteiger partial charge is 0.481 e. The number of nitrogens with zero attached hydrogens (tertiary/aromatic N) is 2. The molecule has 1 amide bonds. The Bertz CT molecular complexity index is 314. The molecule has 1 N–H and O–H groups in total. The molecule has 110 valence electrons. The second kappa shape index (κ2) is 7.48. The van der Waals surface area contributed by atoms with Gasteiger partial charge in [-0.1, -0.05) is 0 Å². The van der Waals surface area contributed by atoms with Gasteiger partial charge in [0.1, 0.15) is 0 Å². The highest BCUT2D eigenvalue weighted by molar-refractivity contribution is 5.79. The summed E-state index contributed by atoms with van der Waals surface area (Å²) < 4.78 is 0. The fourth-order valence-electron chi connectivity index (χ4n) is 2.24. The van der Waals surface area contributed by atoms with Gasteiger partial charge in [-0.25, -0.2) is 0 Å². The van der Waals surface area contributed by atoms with Gasteiger partial charge in [-0.15, -0.1) is 0 Å². The number of likely N-dealkylation sites (N-methyl/N-ethyl adjacent to an activating group) is 1. The lowest BCUT2D eigenvalue weighted by Gasteiger charge is -2.29. The summed E-state index contributed by atoms with van der Waals surface area (Å²) in [6, 6.07) is 0.709. The van der Waals surface area contributed by atoms with Gasteiger partial charge in [0.25, 0.3) is 0 Å². The van der Waals surface area contributed by atoms with Gasteiger partial charge < -0.3 is 10.0 Å². The van der Waals surface area contributed by atoms with Crippen LogP contribution in [-0.4, -0.2) is 58.5 Å². The molecular formula is C14H26N2O3. The standard InChI is InChI=1S/C14H26N2O3/c1-4-16(12-7-8-12)13(17)10-15(11(2)3)9-5-6-14(18)19/h11-12H,4-10H2,1-3H3,(H,18,19). The van der Waals surface area contributed by atoms with Crippen LogP contribution in [0.2, 0.25) is 0 Å². The quantitative estimate of drug-likeness (QED) is 0.691. The molecule has 19 heavy (non-hydrogen) atoms. The van der Waals surface area contributed by atoms with Crippen molar-refractivity contribution in [2.45, 2.75) is 58.5 Å². The second-order valence-corrected chi connectivity index (χ2v) is 5.47. The molecule has 0 aromatic heterocycles. The summed E-state index contributed by atoms with van der Waals surface area (Å²) >= 11 is 0. The lowest BCUT2D eigenvalue weighted by molar-refractivity contribution is -0.137. The monoisotopic (exact) mass is 270 g/mol. The van der Waals surface area contributed by atoms with Crippen molar-refractivity contribution < 1.29 is 14.7 Å². The van der Waals surface area contributed by atoms with E-state index < -0.39 is 5.97 Å². The molecule has 0 unspecified atom stereocenters. The average Bonchev–Trinajstić information content (AvgIpc) is 3.12. The van der Waals surface area contributed by atoms with Crippen molar-refractivity contribution in [3.05, 3.63) is 0 Å². The van der Waals surface area contributed by atoms with E-state index in [1.54, 1.807) is 0 Å². The first-order valence-corrected chi connectivity index (χ1v) is 7.21. The Morgan fingerprint density at radius 3 is 2.37 bits per heavy atom. The lowest BCUT2D eigenvalue weighted by Crippen LogP contribution is -2.44. The highest BCUT2D eigenvalue weighted by Crippen LogP contribution is 2.26. The van der Waals surface area contributed by atoms with Crippen LogP contribution in [-0.2, 0) is 9.59 Å². The number of hydrogen-bond donors (Lipinski definition) is 1. The molecule has 0 aromatic rings. The van der Waals surface area contributed by atoms with Crippen LogP contribution in [0.5, 0.6) is 0 Å². The van der Waals surface area contributed by atoms with E-state index in [1.807, 2.05) is 25.7 Å². The van der Waals surface area contributed by atoms with Gasteiger partial charge in [0.05, 0.1) is 6.54 Å². The normalized spacial score (nSPS) is 15.0. The fourth-order valence-corrected chi connectivity index (χ4v) is 2.24. The summed E-state index contributed by atoms with van der Waals surface area (Å²) in [7, 11) is 0. The van der Waals surface area contributed by atoms with Crippen LogP contribution in [0.3, 0.4) is 0 Å². The summed E-state index contributed by atoms with van der Waals surface area (Å²) in [4.78, 5) is 26.8. The van der Waals surface area contributed by atoms with Gasteiger partial charge in [-0.05, 0) is 46.6 Å². The molecule has 1 saturated carbocycles. The second-order valence-electron chi connectivity index (χ2n) is 5.47. The molecule has 0 heterocycles. The van der Waals surface area contributed by atoms with Crippen molar-refractivity contribution in [2.24, 2.45) is 0 Å². The molecule has 5 nitrogen and oxygen atoms in total. The summed E-state index contributed by atoms with van der Waals surface area (Å²) in [5, 5.41) is 8.66. The molecular weight excluding hydrogens is 244 g/mol. The number of carbonyl (C=O) groups excluding carboxylic acids is 1. The summed E-state index contributed by atoms with van der Waals surface area (Å²) in [5.41, 5.74) is 0. The van der Waals surface area contributed by atoms with E-state index in [0.29, 0.717) is 25.6 Å². The third-order valence-corrected chi connectivity index (χ3v) is 3.55. The maximum atomic E-state index is 12.2. The van der Waals surface area contributed by atoms with E-state index in [0.717, 1.165) is 19.4 Å². The Kier molecular flexibility index (Phi) is 6.28. The SMILES string of the molecule is CCN(C(=O)CN(CCCC(=O)O)C(C)C)C1CC1. The minimum Gasteiger partial charge on any atom is -0.481 e. The van der Waals surface area contributed by atoms with Gasteiger partial charge >= 0.3 is 5.97 Å². The molecule has 0 aliphatic heterocycles. The first-order chi connectivity index (χ1) is 8.95. The van der Waals surface area contributed by atoms with Crippen molar-refractivity contribution in [1.29, 1.82) is 0 Å². The maximum absolute atomic E-state index is 12.2. The Morgan fingerprint density at radius 2 is 1.95 bits per heavy atom. The average molecular weight is 270 g/mol. The third-order valence-electron chi connectivity index (χ3n) is 3.55. The Morgan fingerprint density at radius 1 is 1.32 bits per heavy atom. The van der Waals surface area contributed by atoms with Crippen molar-refractivity contribution >= 4 is 11.9 Å². The van der Waals surface area contributed by atoms with Gasteiger partial charge in [-0.2, -0.15) is 0 Å². The number of rotatable bonds is 9. The molecule has 1 fully saturated rings. The highest BCUT2D eigenvalue weighted by atomic mass is 16.4. The van der Waals surface area contributed by atoms with Crippen LogP contribution < -0.4 is 0 Å². The van der Waals surface area contributed by atoms with Crippen LogP contribution in [0.4, 0.5) is 0 Å². The number of carbonyl (C=O) groups is 2. The summed E-state index contributed by atoms with van der Waals surface area (Å²) in [5.74, 6) is -0.600. The van der Waals surface area contributed by atoms with Crippen molar-refractivity contribution in [1.82, 2.24) is 9.80 Å². The molecule has 1 rings (SSSR count). The molecule has 0 saturated heterocycles. The van der Waals surface area contributed by atoms with Gasteiger partial charge in [0.2, 0.25) is 5.91 Å². The van der Waals surface area contributed by atoms with E-state index in [2.05, 4.69) is 4.90 Å². The lowest BCUT2D eigenvalue weighted by atomic mass is 10.2.